The lowest BCUT2D eigenvalue weighted by molar-refractivity contribution is -0.134. The van der Waals surface area contributed by atoms with Gasteiger partial charge >= 0.3 is 0 Å². The van der Waals surface area contributed by atoms with Crippen LogP contribution in [0, 0.1) is 5.82 Å². The Morgan fingerprint density at radius 3 is 2.53 bits per heavy atom. The molecule has 1 fully saturated rings. The Morgan fingerprint density at radius 1 is 1.05 bits per heavy atom. The van der Waals surface area contributed by atoms with E-state index in [4.69, 9.17) is 20.8 Å². The quantitative estimate of drug-likeness (QED) is 0.429. The molecule has 8 nitrogen and oxygen atoms in total. The number of hydrogen-bond acceptors (Lipinski definition) is 6. The first-order chi connectivity index (χ1) is 18.5. The summed E-state index contributed by atoms with van der Waals surface area (Å²) in [6, 6.07) is 15.9. The molecule has 2 aliphatic heterocycles. The monoisotopic (exact) mass is 538 g/mol. The van der Waals surface area contributed by atoms with Crippen LogP contribution in [0.15, 0.2) is 76.4 Å². The van der Waals surface area contributed by atoms with Gasteiger partial charge in [-0.2, -0.15) is 5.10 Å². The summed E-state index contributed by atoms with van der Waals surface area (Å²) in [7, 11) is 0. The lowest BCUT2D eigenvalue weighted by Gasteiger charge is -2.31. The van der Waals surface area contributed by atoms with Gasteiger partial charge in [-0.15, -0.1) is 0 Å². The maximum absolute atomic E-state index is 13.7. The molecule has 2 aromatic carbocycles. The summed E-state index contributed by atoms with van der Waals surface area (Å²) in [5.41, 5.74) is 1.69. The smallest absolute Gasteiger partial charge is 0.262 e. The normalized spacial score (nSPS) is 17.9. The van der Waals surface area contributed by atoms with Crippen molar-refractivity contribution < 1.29 is 23.1 Å². The van der Waals surface area contributed by atoms with Gasteiger partial charge in [0.05, 0.1) is 35.8 Å². The average molecular weight is 539 g/mol. The molecule has 0 unspecified atom stereocenters. The zero-order valence-corrected chi connectivity index (χ0v) is 21.5. The van der Waals surface area contributed by atoms with Crippen molar-refractivity contribution in [2.45, 2.75) is 12.5 Å². The number of amides is 2. The molecule has 2 amide bonds. The van der Waals surface area contributed by atoms with Gasteiger partial charge in [-0.25, -0.2) is 9.40 Å². The van der Waals surface area contributed by atoms with E-state index >= 15 is 0 Å². The number of carbonyl (C=O) groups excluding carboxylic acids is 2. The van der Waals surface area contributed by atoms with Crippen LogP contribution < -0.4 is 0 Å². The fourth-order valence-electron chi connectivity index (χ4n) is 4.64. The Morgan fingerprint density at radius 2 is 1.82 bits per heavy atom. The summed E-state index contributed by atoms with van der Waals surface area (Å²) < 4.78 is 24.5. The third-order valence-electron chi connectivity index (χ3n) is 6.72. The first-order valence-electron chi connectivity index (χ1n) is 12.5. The van der Waals surface area contributed by atoms with Gasteiger partial charge in [0.1, 0.15) is 24.2 Å². The van der Waals surface area contributed by atoms with Crippen LogP contribution >= 0.6 is 11.6 Å². The molecule has 2 aliphatic rings. The van der Waals surface area contributed by atoms with Crippen LogP contribution in [-0.2, 0) is 9.53 Å². The molecule has 0 spiro atoms. The number of halogens is 2. The summed E-state index contributed by atoms with van der Waals surface area (Å²) in [6.45, 7) is 3.54. The van der Waals surface area contributed by atoms with Gasteiger partial charge < -0.3 is 14.1 Å². The maximum Gasteiger partial charge on any atom is 0.262 e. The zero-order chi connectivity index (χ0) is 26.5. The van der Waals surface area contributed by atoms with Gasteiger partial charge in [0.25, 0.3) is 11.8 Å². The first kappa shape index (κ1) is 26.1. The Hall–Kier alpha value is -3.53. The molecule has 1 saturated heterocycles. The van der Waals surface area contributed by atoms with Crippen LogP contribution in [0.5, 0.6) is 0 Å². The maximum atomic E-state index is 13.7. The van der Waals surface area contributed by atoms with E-state index in [0.717, 1.165) is 18.7 Å². The Bertz CT molecular complexity index is 1290. The molecule has 3 heterocycles. The molecule has 0 bridgehead atoms. The highest BCUT2D eigenvalue weighted by molar-refractivity contribution is 6.33. The van der Waals surface area contributed by atoms with Gasteiger partial charge in [0.15, 0.2) is 0 Å². The Balaban J connectivity index is 1.39. The van der Waals surface area contributed by atoms with Crippen molar-refractivity contribution in [2.75, 3.05) is 45.9 Å². The van der Waals surface area contributed by atoms with Crippen LogP contribution in [-0.4, -0.2) is 78.3 Å². The van der Waals surface area contributed by atoms with Crippen LogP contribution in [0.3, 0.4) is 0 Å². The van der Waals surface area contributed by atoms with E-state index in [-0.39, 0.29) is 24.2 Å². The lowest BCUT2D eigenvalue weighted by atomic mass is 10.0. The van der Waals surface area contributed by atoms with E-state index in [1.807, 2.05) is 0 Å². The molecule has 1 atom stereocenters. The highest BCUT2D eigenvalue weighted by Gasteiger charge is 2.36. The summed E-state index contributed by atoms with van der Waals surface area (Å²) >= 11 is 6.33. The summed E-state index contributed by atoms with van der Waals surface area (Å²) in [5.74, 6) is -0.451. The van der Waals surface area contributed by atoms with Crippen LogP contribution in [0.2, 0.25) is 5.02 Å². The highest BCUT2D eigenvalue weighted by Crippen LogP contribution is 2.33. The first-order valence-corrected chi connectivity index (χ1v) is 12.9. The van der Waals surface area contributed by atoms with Gasteiger partial charge in [-0.3, -0.25) is 14.5 Å². The molecule has 0 radical (unpaired) electrons. The predicted octanol–water partition coefficient (Wildman–Crippen LogP) is 4.22. The van der Waals surface area contributed by atoms with E-state index < -0.39 is 6.04 Å². The van der Waals surface area contributed by atoms with E-state index in [1.54, 1.807) is 54.8 Å². The van der Waals surface area contributed by atoms with Crippen molar-refractivity contribution in [3.63, 3.8) is 0 Å². The largest absolute Gasteiger partial charge is 0.467 e. The van der Waals surface area contributed by atoms with Crippen molar-refractivity contribution in [2.24, 2.45) is 5.10 Å². The average Bonchev–Trinajstić information content (AvgIpc) is 3.62. The molecule has 198 valence electrons. The number of hydrazone groups is 1. The second kappa shape index (κ2) is 11.9. The highest BCUT2D eigenvalue weighted by atomic mass is 35.5. The Labute approximate surface area is 225 Å². The third kappa shape index (κ3) is 5.96. The number of carbonyl (C=O) groups is 2. The SMILES string of the molecule is O=C(c1ccccc1Cl)N(CCN1CCOCC1)CC(=O)N1N=C(c2ccc(F)cc2)C[C@@H]1c1ccco1. The van der Waals surface area contributed by atoms with E-state index in [9.17, 15) is 14.0 Å². The number of benzene rings is 2. The second-order valence-electron chi connectivity index (χ2n) is 9.19. The molecule has 38 heavy (non-hydrogen) atoms. The topological polar surface area (TPSA) is 78.6 Å². The molecule has 0 N–H and O–H groups in total. The lowest BCUT2D eigenvalue weighted by Crippen LogP contribution is -2.46. The number of ether oxygens (including phenoxy) is 1. The van der Waals surface area contributed by atoms with E-state index in [2.05, 4.69) is 10.0 Å². The van der Waals surface area contributed by atoms with E-state index in [0.29, 0.717) is 54.8 Å². The molecule has 3 aromatic rings. The predicted molar refractivity (Wildman–Crippen MR) is 140 cm³/mol. The molecular weight excluding hydrogens is 511 g/mol. The Kier molecular flexibility index (Phi) is 8.17. The number of furan rings is 1. The minimum absolute atomic E-state index is 0.189. The van der Waals surface area contributed by atoms with Gasteiger partial charge in [0.2, 0.25) is 0 Å². The van der Waals surface area contributed by atoms with Crippen molar-refractivity contribution >= 4 is 29.1 Å². The summed E-state index contributed by atoms with van der Waals surface area (Å²) in [5, 5.41) is 6.31. The molecule has 1 aromatic heterocycles. The molecule has 5 rings (SSSR count). The van der Waals surface area contributed by atoms with Crippen molar-refractivity contribution in [1.82, 2.24) is 14.8 Å². The fraction of sp³-hybridized carbons (Fsp3) is 0.321. The van der Waals surface area contributed by atoms with Gasteiger partial charge in [0, 0.05) is 32.6 Å². The summed E-state index contributed by atoms with van der Waals surface area (Å²) in [4.78, 5) is 31.0. The second-order valence-corrected chi connectivity index (χ2v) is 9.60. The number of rotatable bonds is 8. The zero-order valence-electron chi connectivity index (χ0n) is 20.8. The molecule has 0 aliphatic carbocycles. The van der Waals surface area contributed by atoms with Crippen molar-refractivity contribution in [3.8, 4) is 0 Å². The van der Waals surface area contributed by atoms with Crippen molar-refractivity contribution in [3.05, 3.63) is 94.7 Å². The molecule has 0 saturated carbocycles. The fourth-order valence-corrected chi connectivity index (χ4v) is 4.86. The number of hydrogen-bond donors (Lipinski definition) is 0. The standard InChI is InChI=1S/C28H28ClFN4O4/c29-23-5-2-1-4-22(23)28(36)33(12-11-32-13-16-37-17-14-32)19-27(35)34-25(26-6-3-15-38-26)18-24(31-34)20-7-9-21(30)10-8-20/h1-10,15,25H,11-14,16-19H2/t25-/m1/s1. The number of nitrogens with zero attached hydrogens (tertiary/aromatic N) is 4. The molecular formula is C28H28ClFN4O4. The van der Waals surface area contributed by atoms with E-state index in [1.165, 1.54) is 22.0 Å². The minimum atomic E-state index is -0.478. The van der Waals surface area contributed by atoms with Crippen LogP contribution in [0.25, 0.3) is 0 Å². The van der Waals surface area contributed by atoms with Crippen LogP contribution in [0.4, 0.5) is 4.39 Å². The van der Waals surface area contributed by atoms with Gasteiger partial charge in [-0.1, -0.05) is 35.9 Å². The van der Waals surface area contributed by atoms with Crippen molar-refractivity contribution in [1.29, 1.82) is 0 Å². The van der Waals surface area contributed by atoms with Gasteiger partial charge in [-0.05, 0) is 42.0 Å². The summed E-state index contributed by atoms with van der Waals surface area (Å²) in [6.07, 6.45) is 1.95. The third-order valence-corrected chi connectivity index (χ3v) is 7.05. The minimum Gasteiger partial charge on any atom is -0.467 e. The number of morpholine rings is 1. The van der Waals surface area contributed by atoms with Crippen LogP contribution in [0.1, 0.15) is 34.1 Å². The molecule has 10 heteroatoms.